The van der Waals surface area contributed by atoms with Crippen molar-refractivity contribution in [3.8, 4) is 11.5 Å². The first-order valence-corrected chi connectivity index (χ1v) is 3.83. The molecule has 0 heterocycles. The Morgan fingerprint density at radius 1 is 1.29 bits per heavy atom. The predicted molar refractivity (Wildman–Crippen MR) is 49.9 cm³/mol. The molecule has 0 saturated heterocycles. The lowest BCUT2D eigenvalue weighted by Gasteiger charge is -2.01. The Balaban J connectivity index is 2.99. The van der Waals surface area contributed by atoms with Crippen molar-refractivity contribution < 1.29 is 19.4 Å². The van der Waals surface area contributed by atoms with Gasteiger partial charge in [-0.3, -0.25) is 9.59 Å². The number of aromatic hydroxyl groups is 1. The molecule has 1 rings (SSSR count). The van der Waals surface area contributed by atoms with E-state index in [9.17, 15) is 14.7 Å². The van der Waals surface area contributed by atoms with Gasteiger partial charge < -0.3 is 9.84 Å². The van der Waals surface area contributed by atoms with Crippen LogP contribution in [0, 0.1) is 0 Å². The fraction of sp³-hybridized carbons (Fsp3) is 0. The highest BCUT2D eigenvalue weighted by Gasteiger charge is 2.01. The van der Waals surface area contributed by atoms with Gasteiger partial charge in [-0.05, 0) is 23.8 Å². The van der Waals surface area contributed by atoms with Gasteiger partial charge in [0.05, 0.1) is 0 Å². The van der Waals surface area contributed by atoms with Gasteiger partial charge in [0, 0.05) is 0 Å². The lowest BCUT2D eigenvalue weighted by atomic mass is 10.2. The first-order valence-electron chi connectivity index (χ1n) is 3.83. The number of hydrogen-bond acceptors (Lipinski definition) is 4. The Bertz CT molecular complexity index is 368. The Hall–Kier alpha value is -2.10. The second kappa shape index (κ2) is 4.81. The summed E-state index contributed by atoms with van der Waals surface area (Å²) >= 11 is 0. The van der Waals surface area contributed by atoms with E-state index < -0.39 is 0 Å². The van der Waals surface area contributed by atoms with Crippen molar-refractivity contribution in [2.75, 3.05) is 0 Å². The summed E-state index contributed by atoms with van der Waals surface area (Å²) in [4.78, 5) is 20.1. The molecule has 1 aromatic rings. The topological polar surface area (TPSA) is 63.6 Å². The van der Waals surface area contributed by atoms with Gasteiger partial charge in [0.1, 0.15) is 6.29 Å². The van der Waals surface area contributed by atoms with Gasteiger partial charge in [-0.25, -0.2) is 0 Å². The van der Waals surface area contributed by atoms with Crippen molar-refractivity contribution in [3.05, 3.63) is 29.8 Å². The SMILES string of the molecule is O=CC=Cc1ccc(O)c(OC=O)c1. The molecule has 0 spiro atoms. The van der Waals surface area contributed by atoms with Crippen molar-refractivity contribution in [2.45, 2.75) is 0 Å². The first-order chi connectivity index (χ1) is 6.77. The molecule has 0 aliphatic rings. The zero-order valence-corrected chi connectivity index (χ0v) is 7.21. The molecule has 1 aromatic carbocycles. The third-order valence-corrected chi connectivity index (χ3v) is 1.53. The Morgan fingerprint density at radius 3 is 2.71 bits per heavy atom. The zero-order chi connectivity index (χ0) is 10.4. The van der Waals surface area contributed by atoms with Crippen LogP contribution in [0.15, 0.2) is 24.3 Å². The van der Waals surface area contributed by atoms with Gasteiger partial charge in [0.15, 0.2) is 11.5 Å². The molecule has 0 aliphatic carbocycles. The number of rotatable bonds is 4. The summed E-state index contributed by atoms with van der Waals surface area (Å²) in [6.45, 7) is 0.224. The first kappa shape index (κ1) is 9.98. The molecule has 0 saturated carbocycles. The summed E-state index contributed by atoms with van der Waals surface area (Å²) in [5.41, 5.74) is 0.659. The summed E-state index contributed by atoms with van der Waals surface area (Å²) < 4.78 is 4.50. The van der Waals surface area contributed by atoms with Gasteiger partial charge in [-0.15, -0.1) is 0 Å². The second-order valence-corrected chi connectivity index (χ2v) is 2.44. The number of benzene rings is 1. The van der Waals surface area contributed by atoms with Gasteiger partial charge in [0.2, 0.25) is 0 Å². The molecule has 0 fully saturated rings. The molecule has 72 valence electrons. The average molecular weight is 192 g/mol. The van der Waals surface area contributed by atoms with Crippen LogP contribution in [0.4, 0.5) is 0 Å². The lowest BCUT2D eigenvalue weighted by molar-refractivity contribution is -0.120. The highest BCUT2D eigenvalue weighted by molar-refractivity contribution is 5.74. The monoisotopic (exact) mass is 192 g/mol. The summed E-state index contributed by atoms with van der Waals surface area (Å²) in [7, 11) is 0. The number of hydrogen-bond donors (Lipinski definition) is 1. The highest BCUT2D eigenvalue weighted by atomic mass is 16.5. The summed E-state index contributed by atoms with van der Waals surface area (Å²) in [5, 5.41) is 9.21. The second-order valence-electron chi connectivity index (χ2n) is 2.44. The number of phenols is 1. The van der Waals surface area contributed by atoms with Crippen LogP contribution in [0.25, 0.3) is 6.08 Å². The minimum Gasteiger partial charge on any atom is -0.504 e. The van der Waals surface area contributed by atoms with E-state index >= 15 is 0 Å². The molecular formula is C10H8O4. The smallest absolute Gasteiger partial charge is 0.298 e. The van der Waals surface area contributed by atoms with Crippen LogP contribution in [0.3, 0.4) is 0 Å². The van der Waals surface area contributed by atoms with E-state index in [1.165, 1.54) is 24.3 Å². The maximum atomic E-state index is 10.0. The molecule has 4 heteroatoms. The van der Waals surface area contributed by atoms with Gasteiger partial charge >= 0.3 is 0 Å². The third kappa shape index (κ3) is 2.45. The maximum Gasteiger partial charge on any atom is 0.298 e. The van der Waals surface area contributed by atoms with E-state index in [1.54, 1.807) is 6.07 Å². The third-order valence-electron chi connectivity index (χ3n) is 1.53. The van der Waals surface area contributed by atoms with Gasteiger partial charge in [-0.1, -0.05) is 12.1 Å². The van der Waals surface area contributed by atoms with Crippen molar-refractivity contribution in [1.82, 2.24) is 0 Å². The summed E-state index contributed by atoms with van der Waals surface area (Å²) in [6.07, 6.45) is 3.47. The predicted octanol–water partition coefficient (Wildman–Crippen LogP) is 1.14. The van der Waals surface area contributed by atoms with Gasteiger partial charge in [0.25, 0.3) is 6.47 Å². The van der Waals surface area contributed by atoms with Crippen LogP contribution < -0.4 is 4.74 Å². The number of phenolic OH excluding ortho intramolecular Hbond substituents is 1. The minimum atomic E-state index is -0.125. The largest absolute Gasteiger partial charge is 0.504 e. The molecule has 1 N–H and O–H groups in total. The van der Waals surface area contributed by atoms with Crippen LogP contribution in [-0.4, -0.2) is 17.9 Å². The Morgan fingerprint density at radius 2 is 2.07 bits per heavy atom. The van der Waals surface area contributed by atoms with Crippen molar-refractivity contribution >= 4 is 18.8 Å². The number of ether oxygens (including phenoxy) is 1. The van der Waals surface area contributed by atoms with Gasteiger partial charge in [-0.2, -0.15) is 0 Å². The molecule has 0 aromatic heterocycles. The van der Waals surface area contributed by atoms with Crippen molar-refractivity contribution in [2.24, 2.45) is 0 Å². The van der Waals surface area contributed by atoms with Crippen molar-refractivity contribution in [3.63, 3.8) is 0 Å². The number of carbonyl (C=O) groups is 2. The quantitative estimate of drug-likeness (QED) is 0.574. The Kier molecular flexibility index (Phi) is 3.43. The normalized spacial score (nSPS) is 10.0. The minimum absolute atomic E-state index is 0.0630. The van der Waals surface area contributed by atoms with Crippen LogP contribution in [0.5, 0.6) is 11.5 Å². The lowest BCUT2D eigenvalue weighted by Crippen LogP contribution is -1.89. The summed E-state index contributed by atoms with van der Waals surface area (Å²) in [6, 6.07) is 4.42. The average Bonchev–Trinajstić information content (AvgIpc) is 2.19. The molecule has 0 unspecified atom stereocenters. The van der Waals surface area contributed by atoms with Crippen LogP contribution in [0.1, 0.15) is 5.56 Å². The number of allylic oxidation sites excluding steroid dienone is 1. The summed E-state index contributed by atoms with van der Waals surface area (Å²) in [5.74, 6) is -0.0617. The molecule has 4 nitrogen and oxygen atoms in total. The maximum absolute atomic E-state index is 10.0. The van der Waals surface area contributed by atoms with Crippen LogP contribution >= 0.6 is 0 Å². The van der Waals surface area contributed by atoms with E-state index in [0.717, 1.165) is 0 Å². The molecule has 0 amide bonds. The van der Waals surface area contributed by atoms with E-state index in [1.807, 2.05) is 0 Å². The van der Waals surface area contributed by atoms with E-state index in [4.69, 9.17) is 0 Å². The molecule has 0 bridgehead atoms. The fourth-order valence-electron chi connectivity index (χ4n) is 0.931. The molecule has 0 atom stereocenters. The molecular weight excluding hydrogens is 184 g/mol. The number of aldehydes is 1. The number of carbonyl (C=O) groups excluding carboxylic acids is 2. The molecule has 0 aliphatic heterocycles. The Labute approximate surface area is 80.4 Å². The van der Waals surface area contributed by atoms with Crippen LogP contribution in [0.2, 0.25) is 0 Å². The molecule has 0 radical (unpaired) electrons. The van der Waals surface area contributed by atoms with Crippen LogP contribution in [-0.2, 0) is 9.59 Å². The zero-order valence-electron chi connectivity index (χ0n) is 7.21. The molecule has 14 heavy (non-hydrogen) atoms. The van der Waals surface area contributed by atoms with E-state index in [2.05, 4.69) is 4.74 Å². The standard InChI is InChI=1S/C10H8O4/c11-5-1-2-8-3-4-9(13)10(6-8)14-7-12/h1-7,13H. The fourth-order valence-corrected chi connectivity index (χ4v) is 0.931. The highest BCUT2D eigenvalue weighted by Crippen LogP contribution is 2.26. The van der Waals surface area contributed by atoms with E-state index in [0.29, 0.717) is 11.8 Å². The van der Waals surface area contributed by atoms with Crippen molar-refractivity contribution in [1.29, 1.82) is 0 Å². The van der Waals surface area contributed by atoms with E-state index in [-0.39, 0.29) is 18.0 Å².